The molecule has 0 aliphatic rings. The first-order valence-electron chi connectivity index (χ1n) is 7.81. The summed E-state index contributed by atoms with van der Waals surface area (Å²) in [6.45, 7) is 1.75. The lowest BCUT2D eigenvalue weighted by atomic mass is 10.2. The van der Waals surface area contributed by atoms with Crippen LogP contribution in [-0.2, 0) is 11.3 Å². The van der Waals surface area contributed by atoms with Crippen LogP contribution in [0.5, 0.6) is 0 Å². The summed E-state index contributed by atoms with van der Waals surface area (Å²) in [5.41, 5.74) is 1.87. The van der Waals surface area contributed by atoms with Crippen LogP contribution in [0, 0.1) is 6.92 Å². The molecule has 0 fully saturated rings. The van der Waals surface area contributed by atoms with E-state index in [0.29, 0.717) is 20.9 Å². The van der Waals surface area contributed by atoms with Crippen LogP contribution in [-0.4, -0.2) is 20.4 Å². The zero-order chi connectivity index (χ0) is 18.3. The largest absolute Gasteiger partial charge is 0.324 e. The van der Waals surface area contributed by atoms with E-state index < -0.39 is 0 Å². The Hall–Kier alpha value is -2.77. The number of rotatable bonds is 3. The van der Waals surface area contributed by atoms with Crippen molar-refractivity contribution in [3.05, 3.63) is 63.8 Å². The normalized spacial score (nSPS) is 11.2. The molecule has 3 aromatic heterocycles. The van der Waals surface area contributed by atoms with Crippen molar-refractivity contribution in [2.75, 3.05) is 5.32 Å². The van der Waals surface area contributed by atoms with Gasteiger partial charge in [0, 0.05) is 22.3 Å². The number of hydrogen-bond donors (Lipinski definition) is 1. The molecule has 4 aromatic rings. The summed E-state index contributed by atoms with van der Waals surface area (Å²) >= 11 is 7.35. The number of carbonyl (C=O) groups is 1. The number of nitrogens with zero attached hydrogens (tertiary/aromatic N) is 3. The van der Waals surface area contributed by atoms with Crippen LogP contribution in [0.15, 0.2) is 47.7 Å². The Balaban J connectivity index is 1.63. The maximum Gasteiger partial charge on any atom is 0.271 e. The molecule has 0 bridgehead atoms. The number of halogens is 1. The Kier molecular flexibility index (Phi) is 4.18. The highest BCUT2D eigenvalue weighted by Gasteiger charge is 2.14. The van der Waals surface area contributed by atoms with Gasteiger partial charge in [0.1, 0.15) is 16.1 Å². The minimum Gasteiger partial charge on any atom is -0.324 e. The van der Waals surface area contributed by atoms with Crippen molar-refractivity contribution in [1.29, 1.82) is 0 Å². The molecular weight excluding hydrogens is 372 g/mol. The van der Waals surface area contributed by atoms with Gasteiger partial charge in [0.05, 0.1) is 11.8 Å². The predicted molar refractivity (Wildman–Crippen MR) is 104 cm³/mol. The van der Waals surface area contributed by atoms with E-state index in [-0.39, 0.29) is 18.0 Å². The van der Waals surface area contributed by atoms with Gasteiger partial charge in [0.15, 0.2) is 0 Å². The molecule has 0 unspecified atom stereocenters. The van der Waals surface area contributed by atoms with E-state index in [1.807, 2.05) is 25.1 Å². The summed E-state index contributed by atoms with van der Waals surface area (Å²) in [5, 5.41) is 4.15. The number of pyridine rings is 1. The fraction of sp³-hybridized carbons (Fsp3) is 0.111. The second-order valence-electron chi connectivity index (χ2n) is 5.83. The molecule has 8 heteroatoms. The first-order valence-corrected chi connectivity index (χ1v) is 9.01. The van der Waals surface area contributed by atoms with Crippen LogP contribution in [0.25, 0.3) is 20.4 Å². The number of carbonyl (C=O) groups excluding carboxylic acids is 1. The van der Waals surface area contributed by atoms with Crippen molar-refractivity contribution in [1.82, 2.24) is 14.5 Å². The number of hydrogen-bond acceptors (Lipinski definition) is 5. The van der Waals surface area contributed by atoms with Gasteiger partial charge in [-0.1, -0.05) is 17.7 Å². The molecule has 0 radical (unpaired) electrons. The van der Waals surface area contributed by atoms with E-state index in [0.717, 1.165) is 15.8 Å². The zero-order valence-electron chi connectivity index (χ0n) is 13.7. The number of aromatic nitrogens is 3. The third-order valence-corrected chi connectivity index (χ3v) is 5.49. The summed E-state index contributed by atoms with van der Waals surface area (Å²) in [5.74, 6) is -0.326. The Labute approximate surface area is 157 Å². The average Bonchev–Trinajstić information content (AvgIpc) is 3.00. The van der Waals surface area contributed by atoms with Gasteiger partial charge in [-0.25, -0.2) is 9.97 Å². The van der Waals surface area contributed by atoms with E-state index in [1.54, 1.807) is 18.3 Å². The molecule has 26 heavy (non-hydrogen) atoms. The van der Waals surface area contributed by atoms with Crippen LogP contribution < -0.4 is 10.9 Å². The van der Waals surface area contributed by atoms with Crippen molar-refractivity contribution < 1.29 is 4.79 Å². The Morgan fingerprint density at radius 3 is 2.96 bits per heavy atom. The lowest BCUT2D eigenvalue weighted by Gasteiger charge is -2.08. The molecule has 3 heterocycles. The summed E-state index contributed by atoms with van der Waals surface area (Å²) in [4.78, 5) is 34.3. The number of fused-ring (bicyclic) bond motifs is 3. The molecule has 0 aliphatic carbocycles. The van der Waals surface area contributed by atoms with E-state index in [2.05, 4.69) is 15.3 Å². The second-order valence-corrected chi connectivity index (χ2v) is 7.23. The standard InChI is InChI=1S/C18H13ClN4O2S/c1-10-4-5-11(7-13(10)19)22-14(24)8-23-9-21-15-12-3-2-6-20-17(12)26-16(15)18(23)25/h2-7,9H,8H2,1H3,(H,22,24). The first-order chi connectivity index (χ1) is 12.5. The summed E-state index contributed by atoms with van der Waals surface area (Å²) in [6.07, 6.45) is 3.07. The Morgan fingerprint density at radius 1 is 1.31 bits per heavy atom. The van der Waals surface area contributed by atoms with E-state index in [1.165, 1.54) is 22.2 Å². The molecule has 0 saturated carbocycles. The predicted octanol–water partition coefficient (Wildman–Crippen LogP) is 3.61. The third-order valence-electron chi connectivity index (χ3n) is 3.99. The van der Waals surface area contributed by atoms with Crippen LogP contribution in [0.4, 0.5) is 5.69 Å². The SMILES string of the molecule is Cc1ccc(NC(=O)Cn2cnc3c(sc4ncccc43)c2=O)cc1Cl. The zero-order valence-corrected chi connectivity index (χ0v) is 15.3. The van der Waals surface area contributed by atoms with Crippen molar-refractivity contribution in [3.8, 4) is 0 Å². The minimum absolute atomic E-state index is 0.130. The quantitative estimate of drug-likeness (QED) is 0.585. The van der Waals surface area contributed by atoms with Crippen molar-refractivity contribution in [2.24, 2.45) is 0 Å². The van der Waals surface area contributed by atoms with Gasteiger partial charge in [0.25, 0.3) is 5.56 Å². The van der Waals surface area contributed by atoms with Gasteiger partial charge in [-0.2, -0.15) is 0 Å². The van der Waals surface area contributed by atoms with Gasteiger partial charge in [0.2, 0.25) is 5.91 Å². The molecule has 1 amide bonds. The summed E-state index contributed by atoms with van der Waals surface area (Å²) < 4.78 is 1.79. The number of thiophene rings is 1. The number of amides is 1. The molecule has 1 N–H and O–H groups in total. The number of nitrogens with one attached hydrogen (secondary N) is 1. The molecule has 4 rings (SSSR count). The van der Waals surface area contributed by atoms with Gasteiger partial charge in [-0.15, -0.1) is 11.3 Å². The number of aryl methyl sites for hydroxylation is 1. The topological polar surface area (TPSA) is 76.9 Å². The molecule has 1 aromatic carbocycles. The minimum atomic E-state index is -0.326. The summed E-state index contributed by atoms with van der Waals surface area (Å²) in [6, 6.07) is 8.95. The van der Waals surface area contributed by atoms with Gasteiger partial charge >= 0.3 is 0 Å². The molecular formula is C18H13ClN4O2S. The monoisotopic (exact) mass is 384 g/mol. The molecule has 0 saturated heterocycles. The Morgan fingerprint density at radius 2 is 2.15 bits per heavy atom. The van der Waals surface area contributed by atoms with Crippen molar-refractivity contribution in [3.63, 3.8) is 0 Å². The fourth-order valence-corrected chi connectivity index (χ4v) is 3.87. The van der Waals surface area contributed by atoms with Crippen LogP contribution in [0.1, 0.15) is 5.56 Å². The van der Waals surface area contributed by atoms with Crippen molar-refractivity contribution >= 4 is 55.0 Å². The highest BCUT2D eigenvalue weighted by molar-refractivity contribution is 7.25. The first kappa shape index (κ1) is 16.7. The van der Waals surface area contributed by atoms with E-state index >= 15 is 0 Å². The molecule has 0 spiro atoms. The van der Waals surface area contributed by atoms with Crippen LogP contribution in [0.3, 0.4) is 0 Å². The highest BCUT2D eigenvalue weighted by Crippen LogP contribution is 2.28. The maximum atomic E-state index is 12.7. The van der Waals surface area contributed by atoms with Crippen LogP contribution in [0.2, 0.25) is 5.02 Å². The van der Waals surface area contributed by atoms with Gasteiger partial charge in [-0.3, -0.25) is 14.2 Å². The second kappa shape index (κ2) is 6.51. The maximum absolute atomic E-state index is 12.7. The van der Waals surface area contributed by atoms with E-state index in [4.69, 9.17) is 11.6 Å². The third kappa shape index (κ3) is 2.95. The molecule has 6 nitrogen and oxygen atoms in total. The molecule has 0 aliphatic heterocycles. The number of anilines is 1. The van der Waals surface area contributed by atoms with Gasteiger partial charge < -0.3 is 5.32 Å². The molecule has 130 valence electrons. The lowest BCUT2D eigenvalue weighted by molar-refractivity contribution is -0.116. The van der Waals surface area contributed by atoms with Crippen molar-refractivity contribution in [2.45, 2.75) is 13.5 Å². The lowest BCUT2D eigenvalue weighted by Crippen LogP contribution is -2.27. The Bertz CT molecular complexity index is 1210. The fourth-order valence-electron chi connectivity index (χ4n) is 2.64. The average molecular weight is 385 g/mol. The molecule has 0 atom stereocenters. The van der Waals surface area contributed by atoms with Gasteiger partial charge in [-0.05, 0) is 36.8 Å². The smallest absolute Gasteiger partial charge is 0.271 e. The van der Waals surface area contributed by atoms with E-state index in [9.17, 15) is 9.59 Å². The number of benzene rings is 1. The van der Waals surface area contributed by atoms with Crippen LogP contribution >= 0.6 is 22.9 Å². The summed E-state index contributed by atoms with van der Waals surface area (Å²) in [7, 11) is 0. The highest BCUT2D eigenvalue weighted by atomic mass is 35.5.